The second-order valence-corrected chi connectivity index (χ2v) is 6.94. The molecule has 1 saturated carbocycles. The highest BCUT2D eigenvalue weighted by molar-refractivity contribution is 7.89. The van der Waals surface area contributed by atoms with Gasteiger partial charge in [-0.25, -0.2) is 13.1 Å². The van der Waals surface area contributed by atoms with Gasteiger partial charge >= 0.3 is 0 Å². The molecule has 106 valence electrons. The fraction of sp³-hybridized carbons (Fsp3) is 0.538. The first-order valence-electron chi connectivity index (χ1n) is 6.32. The summed E-state index contributed by atoms with van der Waals surface area (Å²) < 4.78 is 27.7. The van der Waals surface area contributed by atoms with Gasteiger partial charge in [0.15, 0.2) is 0 Å². The van der Waals surface area contributed by atoms with Crippen LogP contribution in [0.2, 0.25) is 0 Å². The summed E-state index contributed by atoms with van der Waals surface area (Å²) in [6, 6.07) is 3.40. The van der Waals surface area contributed by atoms with Crippen molar-refractivity contribution in [2.24, 2.45) is 0 Å². The predicted molar refractivity (Wildman–Crippen MR) is 74.3 cm³/mol. The lowest BCUT2D eigenvalue weighted by molar-refractivity contribution is 0.110. The smallest absolute Gasteiger partial charge is 0.241 e. The number of anilines is 1. The van der Waals surface area contributed by atoms with Gasteiger partial charge in [-0.3, -0.25) is 0 Å². The maximum Gasteiger partial charge on any atom is 0.241 e. The van der Waals surface area contributed by atoms with Crippen LogP contribution in [0.4, 0.5) is 5.69 Å². The van der Waals surface area contributed by atoms with Crippen LogP contribution in [-0.2, 0) is 10.0 Å². The molecule has 0 spiro atoms. The average molecular weight is 284 g/mol. The number of nitrogen functional groups attached to an aromatic ring is 1. The van der Waals surface area contributed by atoms with Gasteiger partial charge in [0.25, 0.3) is 0 Å². The maximum atomic E-state index is 12.5. The van der Waals surface area contributed by atoms with Crippen LogP contribution in [0.15, 0.2) is 17.0 Å². The number of benzene rings is 1. The molecule has 0 saturated heterocycles. The van der Waals surface area contributed by atoms with Crippen LogP contribution in [0.1, 0.15) is 30.4 Å². The second-order valence-electron chi connectivity index (χ2n) is 5.32. The second kappa shape index (κ2) is 4.77. The Bertz CT molecular complexity index is 587. The Morgan fingerprint density at radius 3 is 2.47 bits per heavy atom. The number of aliphatic hydroxyl groups is 1. The van der Waals surface area contributed by atoms with Gasteiger partial charge in [0.1, 0.15) is 0 Å². The molecule has 6 heteroatoms. The van der Waals surface area contributed by atoms with Crippen molar-refractivity contribution < 1.29 is 13.5 Å². The highest BCUT2D eigenvalue weighted by Gasteiger charge is 2.40. The summed E-state index contributed by atoms with van der Waals surface area (Å²) in [6.07, 6.45) is 2.27. The van der Waals surface area contributed by atoms with Crippen molar-refractivity contribution >= 4 is 15.7 Å². The summed E-state index contributed by atoms with van der Waals surface area (Å²) in [5.41, 5.74) is 6.77. The number of aryl methyl sites for hydroxylation is 1. The molecule has 1 aromatic rings. The molecule has 19 heavy (non-hydrogen) atoms. The third-order valence-electron chi connectivity index (χ3n) is 3.88. The van der Waals surface area contributed by atoms with Crippen molar-refractivity contribution in [1.82, 2.24) is 4.72 Å². The van der Waals surface area contributed by atoms with Crippen LogP contribution in [0.3, 0.4) is 0 Å². The molecule has 1 aliphatic carbocycles. The van der Waals surface area contributed by atoms with Gasteiger partial charge in [-0.05, 0) is 50.3 Å². The number of nitrogens with one attached hydrogen (secondary N) is 1. The number of nitrogens with two attached hydrogens (primary N) is 1. The summed E-state index contributed by atoms with van der Waals surface area (Å²) in [7, 11) is -3.66. The summed E-state index contributed by atoms with van der Waals surface area (Å²) in [5.74, 6) is 0. The normalized spacial score (nSPS) is 18.1. The third-order valence-corrected chi connectivity index (χ3v) is 5.74. The van der Waals surface area contributed by atoms with Crippen molar-refractivity contribution in [3.8, 4) is 0 Å². The fourth-order valence-corrected chi connectivity index (χ4v) is 4.44. The van der Waals surface area contributed by atoms with E-state index in [4.69, 9.17) is 5.73 Å². The number of rotatable bonds is 4. The number of hydrogen-bond acceptors (Lipinski definition) is 4. The molecule has 0 bridgehead atoms. The van der Waals surface area contributed by atoms with E-state index in [1.54, 1.807) is 26.0 Å². The Balaban J connectivity index is 2.43. The average Bonchev–Trinajstić information content (AvgIpc) is 2.29. The lowest BCUT2D eigenvalue weighted by Crippen LogP contribution is -2.56. The number of sulfonamides is 1. The van der Waals surface area contributed by atoms with Gasteiger partial charge in [-0.1, -0.05) is 6.07 Å². The lowest BCUT2D eigenvalue weighted by atomic mass is 9.78. The molecule has 0 unspecified atom stereocenters. The standard InChI is InChI=1S/C13H20N2O3S/c1-9-4-5-11(14)10(2)12(9)19(17,18)15-13(8-16)6-3-7-13/h4-5,15-16H,3,6-8,14H2,1-2H3. The molecule has 0 radical (unpaired) electrons. The summed E-state index contributed by atoms with van der Waals surface area (Å²) in [5, 5.41) is 9.39. The molecule has 1 aromatic carbocycles. The van der Waals surface area contributed by atoms with Crippen molar-refractivity contribution in [2.75, 3.05) is 12.3 Å². The first-order valence-corrected chi connectivity index (χ1v) is 7.80. The zero-order valence-electron chi connectivity index (χ0n) is 11.2. The Morgan fingerprint density at radius 1 is 1.37 bits per heavy atom. The molecule has 5 nitrogen and oxygen atoms in total. The lowest BCUT2D eigenvalue weighted by Gasteiger charge is -2.40. The van der Waals surface area contributed by atoms with Gasteiger partial charge in [0, 0.05) is 5.69 Å². The minimum absolute atomic E-state index is 0.174. The van der Waals surface area contributed by atoms with Crippen LogP contribution in [-0.4, -0.2) is 25.7 Å². The molecule has 0 atom stereocenters. The van der Waals surface area contributed by atoms with Crippen LogP contribution >= 0.6 is 0 Å². The van der Waals surface area contributed by atoms with Crippen LogP contribution in [0.5, 0.6) is 0 Å². The quantitative estimate of drug-likeness (QED) is 0.721. The summed E-state index contributed by atoms with van der Waals surface area (Å²) >= 11 is 0. The monoisotopic (exact) mass is 284 g/mol. The van der Waals surface area contributed by atoms with E-state index in [1.165, 1.54) is 0 Å². The minimum Gasteiger partial charge on any atom is -0.398 e. The molecule has 0 aliphatic heterocycles. The first-order chi connectivity index (χ1) is 8.81. The zero-order valence-corrected chi connectivity index (χ0v) is 12.0. The molecule has 0 amide bonds. The minimum atomic E-state index is -3.66. The predicted octanol–water partition coefficient (Wildman–Crippen LogP) is 1.08. The van der Waals surface area contributed by atoms with Gasteiger partial charge in [-0.15, -0.1) is 0 Å². The topological polar surface area (TPSA) is 92.4 Å². The van der Waals surface area contributed by atoms with E-state index >= 15 is 0 Å². The number of aliphatic hydroxyl groups excluding tert-OH is 1. The molecular formula is C13H20N2O3S. The van der Waals surface area contributed by atoms with Crippen molar-refractivity contribution in [3.05, 3.63) is 23.3 Å². The summed E-state index contributed by atoms with van der Waals surface area (Å²) in [6.45, 7) is 3.27. The van der Waals surface area contributed by atoms with E-state index in [0.717, 1.165) is 6.42 Å². The molecule has 2 rings (SSSR count). The van der Waals surface area contributed by atoms with E-state index in [-0.39, 0.29) is 11.5 Å². The molecule has 1 aliphatic rings. The summed E-state index contributed by atoms with van der Waals surface area (Å²) in [4.78, 5) is 0.229. The fourth-order valence-electron chi connectivity index (χ4n) is 2.49. The van der Waals surface area contributed by atoms with Gasteiger partial charge in [-0.2, -0.15) is 0 Å². The van der Waals surface area contributed by atoms with Crippen LogP contribution < -0.4 is 10.5 Å². The van der Waals surface area contributed by atoms with Crippen LogP contribution in [0.25, 0.3) is 0 Å². The van der Waals surface area contributed by atoms with E-state index in [2.05, 4.69) is 4.72 Å². The third kappa shape index (κ3) is 2.48. The van der Waals surface area contributed by atoms with Gasteiger partial charge < -0.3 is 10.8 Å². The first kappa shape index (κ1) is 14.3. The van der Waals surface area contributed by atoms with Gasteiger partial charge in [0.2, 0.25) is 10.0 Å². The van der Waals surface area contributed by atoms with Crippen molar-refractivity contribution in [3.63, 3.8) is 0 Å². The maximum absolute atomic E-state index is 12.5. The van der Waals surface area contributed by atoms with E-state index < -0.39 is 15.6 Å². The largest absolute Gasteiger partial charge is 0.398 e. The highest BCUT2D eigenvalue weighted by Crippen LogP contribution is 2.34. The highest BCUT2D eigenvalue weighted by atomic mass is 32.2. The molecule has 4 N–H and O–H groups in total. The van der Waals surface area contributed by atoms with E-state index in [0.29, 0.717) is 29.7 Å². The molecular weight excluding hydrogens is 264 g/mol. The molecule has 0 heterocycles. The Morgan fingerprint density at radius 2 is 2.00 bits per heavy atom. The SMILES string of the molecule is Cc1ccc(N)c(C)c1S(=O)(=O)NC1(CO)CCC1. The van der Waals surface area contributed by atoms with Crippen molar-refractivity contribution in [2.45, 2.75) is 43.5 Å². The Kier molecular flexibility index (Phi) is 3.59. The number of hydrogen-bond donors (Lipinski definition) is 3. The van der Waals surface area contributed by atoms with Gasteiger partial charge in [0.05, 0.1) is 17.0 Å². The molecule has 1 fully saturated rings. The van der Waals surface area contributed by atoms with E-state index in [1.807, 2.05) is 0 Å². The molecule has 0 aromatic heterocycles. The Hall–Kier alpha value is -1.11. The zero-order chi connectivity index (χ0) is 14.3. The van der Waals surface area contributed by atoms with E-state index in [9.17, 15) is 13.5 Å². The Labute approximate surface area is 113 Å². The van der Waals surface area contributed by atoms with Crippen LogP contribution in [0, 0.1) is 13.8 Å². The van der Waals surface area contributed by atoms with Crippen molar-refractivity contribution in [1.29, 1.82) is 0 Å².